The van der Waals surface area contributed by atoms with Gasteiger partial charge in [0.1, 0.15) is 6.04 Å². The second-order valence-electron chi connectivity index (χ2n) is 4.07. The molecule has 3 N–H and O–H groups in total. The zero-order valence-corrected chi connectivity index (χ0v) is 10.3. The molecule has 102 valence electrons. The molecule has 7 nitrogen and oxygen atoms in total. The van der Waals surface area contributed by atoms with E-state index in [2.05, 4.69) is 10.6 Å². The number of amides is 2. The smallest absolute Gasteiger partial charge is 0.325 e. The molecule has 1 aromatic carbocycles. The summed E-state index contributed by atoms with van der Waals surface area (Å²) in [7, 11) is 0. The molecule has 0 radical (unpaired) electrons. The zero-order valence-electron chi connectivity index (χ0n) is 10.3. The van der Waals surface area contributed by atoms with Crippen molar-refractivity contribution in [1.82, 2.24) is 10.6 Å². The predicted octanol–water partition coefficient (Wildman–Crippen LogP) is 0.688. The highest BCUT2D eigenvalue weighted by Crippen LogP contribution is 2.32. The van der Waals surface area contributed by atoms with Crippen LogP contribution in [0.3, 0.4) is 0 Å². The van der Waals surface area contributed by atoms with Crippen LogP contribution in [0.25, 0.3) is 0 Å². The molecule has 0 saturated carbocycles. The van der Waals surface area contributed by atoms with Gasteiger partial charge in [0.25, 0.3) is 0 Å². The highest BCUT2D eigenvalue weighted by Gasteiger charge is 2.15. The molecule has 0 aromatic heterocycles. The van der Waals surface area contributed by atoms with Gasteiger partial charge in [0.15, 0.2) is 11.5 Å². The molecular weight excluding hydrogens is 252 g/mol. The lowest BCUT2D eigenvalue weighted by atomic mass is 10.2. The van der Waals surface area contributed by atoms with E-state index in [1.165, 1.54) is 6.92 Å². The second kappa shape index (κ2) is 5.47. The van der Waals surface area contributed by atoms with Crippen molar-refractivity contribution in [2.24, 2.45) is 0 Å². The minimum atomic E-state index is -1.08. The van der Waals surface area contributed by atoms with Crippen molar-refractivity contribution in [2.75, 3.05) is 6.79 Å². The Bertz CT molecular complexity index is 503. The molecule has 1 aromatic rings. The topological polar surface area (TPSA) is 96.9 Å². The number of fused-ring (bicyclic) bond motifs is 1. The summed E-state index contributed by atoms with van der Waals surface area (Å²) in [5, 5.41) is 13.5. The number of aliphatic carboxylic acids is 1. The van der Waals surface area contributed by atoms with Gasteiger partial charge in [-0.1, -0.05) is 6.07 Å². The first-order valence-corrected chi connectivity index (χ1v) is 5.72. The Labute approximate surface area is 109 Å². The molecule has 1 aliphatic rings. The first-order valence-electron chi connectivity index (χ1n) is 5.72. The number of nitrogens with one attached hydrogen (secondary N) is 2. The molecule has 0 unspecified atom stereocenters. The van der Waals surface area contributed by atoms with Crippen LogP contribution in [0, 0.1) is 0 Å². The van der Waals surface area contributed by atoms with E-state index in [4.69, 9.17) is 14.6 Å². The van der Waals surface area contributed by atoms with Crippen LogP contribution in [0.4, 0.5) is 4.79 Å². The Balaban J connectivity index is 1.85. The van der Waals surface area contributed by atoms with Gasteiger partial charge in [0.2, 0.25) is 6.79 Å². The van der Waals surface area contributed by atoms with E-state index in [-0.39, 0.29) is 13.3 Å². The highest BCUT2D eigenvalue weighted by molar-refractivity contribution is 5.82. The second-order valence-corrected chi connectivity index (χ2v) is 4.07. The van der Waals surface area contributed by atoms with E-state index in [9.17, 15) is 9.59 Å². The maximum absolute atomic E-state index is 11.4. The van der Waals surface area contributed by atoms with Crippen molar-refractivity contribution in [3.05, 3.63) is 23.8 Å². The molecule has 19 heavy (non-hydrogen) atoms. The van der Waals surface area contributed by atoms with E-state index in [0.717, 1.165) is 5.56 Å². The zero-order chi connectivity index (χ0) is 13.8. The Morgan fingerprint density at radius 1 is 1.37 bits per heavy atom. The maximum atomic E-state index is 11.4. The largest absolute Gasteiger partial charge is 0.480 e. The number of carbonyl (C=O) groups excluding carboxylic acids is 1. The van der Waals surface area contributed by atoms with Crippen molar-refractivity contribution in [3.8, 4) is 11.5 Å². The van der Waals surface area contributed by atoms with Gasteiger partial charge in [0, 0.05) is 6.54 Å². The normalized spacial score (nSPS) is 13.7. The van der Waals surface area contributed by atoms with Gasteiger partial charge in [0.05, 0.1) is 0 Å². The minimum absolute atomic E-state index is 0.197. The van der Waals surface area contributed by atoms with Gasteiger partial charge in [-0.05, 0) is 24.6 Å². The summed E-state index contributed by atoms with van der Waals surface area (Å²) in [5.41, 5.74) is 0.836. The molecule has 0 bridgehead atoms. The third kappa shape index (κ3) is 3.27. The maximum Gasteiger partial charge on any atom is 0.325 e. The number of rotatable bonds is 4. The van der Waals surface area contributed by atoms with E-state index in [0.29, 0.717) is 11.5 Å². The van der Waals surface area contributed by atoms with Crippen LogP contribution in [0.15, 0.2) is 18.2 Å². The predicted molar refractivity (Wildman–Crippen MR) is 65.0 cm³/mol. The fourth-order valence-electron chi connectivity index (χ4n) is 1.54. The Hall–Kier alpha value is -2.44. The summed E-state index contributed by atoms with van der Waals surface area (Å²) in [6, 6.07) is 3.86. The van der Waals surface area contributed by atoms with E-state index in [1.54, 1.807) is 18.2 Å². The van der Waals surface area contributed by atoms with Crippen LogP contribution in [-0.4, -0.2) is 29.9 Å². The third-order valence-corrected chi connectivity index (χ3v) is 2.61. The lowest BCUT2D eigenvalue weighted by molar-refractivity contribution is -0.138. The van der Waals surface area contributed by atoms with Crippen molar-refractivity contribution in [3.63, 3.8) is 0 Å². The first-order chi connectivity index (χ1) is 9.06. The number of carboxylic acids is 1. The lowest BCUT2D eigenvalue weighted by Gasteiger charge is -2.10. The fourth-order valence-corrected chi connectivity index (χ4v) is 1.54. The molecule has 2 amide bonds. The molecular formula is C12H14N2O5. The van der Waals surface area contributed by atoms with Gasteiger partial charge < -0.3 is 25.2 Å². The summed E-state index contributed by atoms with van der Waals surface area (Å²) < 4.78 is 10.4. The molecule has 0 aliphatic carbocycles. The molecule has 2 rings (SSSR count). The molecule has 0 spiro atoms. The van der Waals surface area contributed by atoms with Crippen LogP contribution < -0.4 is 20.1 Å². The number of carbonyl (C=O) groups is 2. The summed E-state index contributed by atoms with van der Waals surface area (Å²) in [5.74, 6) is 0.226. The number of benzene rings is 1. The molecule has 0 fully saturated rings. The van der Waals surface area contributed by atoms with Crippen LogP contribution in [0.2, 0.25) is 0 Å². The van der Waals surface area contributed by atoms with Crippen LogP contribution >= 0.6 is 0 Å². The number of carboxylic acid groups (broad SMARTS) is 1. The van der Waals surface area contributed by atoms with Crippen molar-refractivity contribution < 1.29 is 24.2 Å². The SMILES string of the molecule is C[C@@H](NC(=O)NCc1ccc2c(c1)OCO2)C(=O)O. The third-order valence-electron chi connectivity index (χ3n) is 2.61. The van der Waals surface area contributed by atoms with E-state index >= 15 is 0 Å². The number of ether oxygens (including phenoxy) is 2. The summed E-state index contributed by atoms with van der Waals surface area (Å²) in [6.45, 7) is 1.86. The van der Waals surface area contributed by atoms with E-state index < -0.39 is 18.0 Å². The van der Waals surface area contributed by atoms with Gasteiger partial charge in [-0.2, -0.15) is 0 Å². The Morgan fingerprint density at radius 3 is 2.84 bits per heavy atom. The fraction of sp³-hybridized carbons (Fsp3) is 0.333. The van der Waals surface area contributed by atoms with Crippen LogP contribution in [0.5, 0.6) is 11.5 Å². The van der Waals surface area contributed by atoms with Gasteiger partial charge in [-0.25, -0.2) is 4.79 Å². The van der Waals surface area contributed by atoms with Crippen LogP contribution in [-0.2, 0) is 11.3 Å². The monoisotopic (exact) mass is 266 g/mol. The average Bonchev–Trinajstić information content (AvgIpc) is 2.83. The summed E-state index contributed by atoms with van der Waals surface area (Å²) in [6.07, 6.45) is 0. The van der Waals surface area contributed by atoms with Crippen molar-refractivity contribution in [2.45, 2.75) is 19.5 Å². The van der Waals surface area contributed by atoms with Gasteiger partial charge in [-0.15, -0.1) is 0 Å². The summed E-state index contributed by atoms with van der Waals surface area (Å²) >= 11 is 0. The number of urea groups is 1. The number of hydrogen-bond acceptors (Lipinski definition) is 4. The van der Waals surface area contributed by atoms with E-state index in [1.807, 2.05) is 0 Å². The molecule has 7 heteroatoms. The molecule has 1 aliphatic heterocycles. The minimum Gasteiger partial charge on any atom is -0.480 e. The highest BCUT2D eigenvalue weighted by atomic mass is 16.7. The van der Waals surface area contributed by atoms with Crippen LogP contribution in [0.1, 0.15) is 12.5 Å². The first kappa shape index (κ1) is 13.0. The average molecular weight is 266 g/mol. The molecule has 0 saturated heterocycles. The standard InChI is InChI=1S/C12H14N2O5/c1-7(11(15)16)14-12(17)13-5-8-2-3-9-10(4-8)19-6-18-9/h2-4,7H,5-6H2,1H3,(H,15,16)(H2,13,14,17)/t7-/m1/s1. The van der Waals surface area contributed by atoms with Crippen molar-refractivity contribution >= 4 is 12.0 Å². The quantitative estimate of drug-likeness (QED) is 0.745. The van der Waals surface area contributed by atoms with Gasteiger partial charge in [-0.3, -0.25) is 4.79 Å². The lowest BCUT2D eigenvalue weighted by Crippen LogP contribution is -2.44. The van der Waals surface area contributed by atoms with Crippen molar-refractivity contribution in [1.29, 1.82) is 0 Å². The molecule has 1 heterocycles. The Kier molecular flexibility index (Phi) is 3.74. The summed E-state index contributed by atoms with van der Waals surface area (Å²) in [4.78, 5) is 22.0. The number of hydrogen-bond donors (Lipinski definition) is 3. The Morgan fingerprint density at radius 2 is 2.11 bits per heavy atom. The van der Waals surface area contributed by atoms with Gasteiger partial charge >= 0.3 is 12.0 Å². The molecule has 1 atom stereocenters.